The van der Waals surface area contributed by atoms with E-state index in [9.17, 15) is 0 Å². The van der Waals surface area contributed by atoms with Gasteiger partial charge in [0, 0.05) is 0 Å². The van der Waals surface area contributed by atoms with Crippen LogP contribution in [0, 0.1) is 0 Å². The van der Waals surface area contributed by atoms with Crippen LogP contribution >= 0.6 is 11.8 Å². The minimum atomic E-state index is 0.350. The Labute approximate surface area is 238 Å². The smallest absolute Gasteiger partial charge is 0.0522 e. The van der Waals surface area contributed by atoms with Gasteiger partial charge in [0.25, 0.3) is 0 Å². The first-order valence-corrected chi connectivity index (χ1v) is 15.2. The SMILES string of the molecule is CC1=Cc2c(-c3ccccc3)cc(C(C)C)cc2C1SC1C(C)=Cc2c(-c3ccccc3)cc(C(C)C)cc21. The second kappa shape index (κ2) is 10.4. The minimum absolute atomic E-state index is 0.350. The van der Waals surface area contributed by atoms with Crippen LogP contribution in [0.3, 0.4) is 0 Å². The molecule has 0 aliphatic heterocycles. The fourth-order valence-corrected chi connectivity index (χ4v) is 7.65. The van der Waals surface area contributed by atoms with Gasteiger partial charge in [-0.15, -0.1) is 11.8 Å². The van der Waals surface area contributed by atoms with E-state index in [1.54, 1.807) is 0 Å². The summed E-state index contributed by atoms with van der Waals surface area (Å²) in [6, 6.07) is 31.7. The van der Waals surface area contributed by atoms with E-state index in [4.69, 9.17) is 0 Å². The second-order valence-corrected chi connectivity index (χ2v) is 13.1. The summed E-state index contributed by atoms with van der Waals surface area (Å²) in [6.07, 6.45) is 4.91. The van der Waals surface area contributed by atoms with E-state index in [2.05, 4.69) is 150 Å². The Morgan fingerprint density at radius 1 is 0.538 bits per heavy atom. The van der Waals surface area contributed by atoms with Crippen LogP contribution in [0.5, 0.6) is 0 Å². The maximum absolute atomic E-state index is 2.49. The van der Waals surface area contributed by atoms with Crippen molar-refractivity contribution in [2.24, 2.45) is 0 Å². The standard InChI is InChI=1S/C38H38S/c1-23(2)29-19-31(27-13-9-7-10-14-27)33-17-25(5)37(35(33)21-29)39-38-26(6)18-34-32(28-15-11-8-12-16-28)20-30(24(3)4)22-36(34)38/h7-24,37-38H,1-6H3. The molecule has 6 rings (SSSR count). The number of benzene rings is 4. The highest BCUT2D eigenvalue weighted by Crippen LogP contribution is 2.57. The lowest BCUT2D eigenvalue weighted by Crippen LogP contribution is -2.03. The maximum Gasteiger partial charge on any atom is 0.0522 e. The van der Waals surface area contributed by atoms with Crippen LogP contribution in [0.15, 0.2) is 96.1 Å². The van der Waals surface area contributed by atoms with Gasteiger partial charge in [0.1, 0.15) is 0 Å². The molecule has 0 spiro atoms. The topological polar surface area (TPSA) is 0 Å². The molecule has 4 aromatic carbocycles. The third-order valence-corrected chi connectivity index (χ3v) is 10.2. The van der Waals surface area contributed by atoms with E-state index in [0.717, 1.165) is 0 Å². The molecule has 0 bridgehead atoms. The molecule has 0 aromatic heterocycles. The lowest BCUT2D eigenvalue weighted by Gasteiger charge is -2.24. The first-order chi connectivity index (χ1) is 18.8. The first-order valence-electron chi connectivity index (χ1n) is 14.3. The summed E-state index contributed by atoms with van der Waals surface area (Å²) in [7, 11) is 0. The van der Waals surface area contributed by atoms with E-state index < -0.39 is 0 Å². The number of thioether (sulfide) groups is 1. The fourth-order valence-electron chi connectivity index (χ4n) is 6.13. The molecule has 1 heteroatoms. The summed E-state index contributed by atoms with van der Waals surface area (Å²) < 4.78 is 0. The zero-order chi connectivity index (χ0) is 27.3. The van der Waals surface area contributed by atoms with Gasteiger partial charge >= 0.3 is 0 Å². The first kappa shape index (κ1) is 26.0. The van der Waals surface area contributed by atoms with Crippen molar-refractivity contribution in [1.29, 1.82) is 0 Å². The quantitative estimate of drug-likeness (QED) is 0.241. The van der Waals surface area contributed by atoms with E-state index in [0.29, 0.717) is 22.3 Å². The van der Waals surface area contributed by atoms with Crippen molar-refractivity contribution in [3.8, 4) is 22.3 Å². The van der Waals surface area contributed by atoms with Crippen LogP contribution in [0.4, 0.5) is 0 Å². The molecule has 4 aromatic rings. The van der Waals surface area contributed by atoms with E-state index in [1.165, 1.54) is 66.8 Å². The summed E-state index contributed by atoms with van der Waals surface area (Å²) in [5, 5.41) is 0.701. The zero-order valence-electron chi connectivity index (χ0n) is 24.0. The van der Waals surface area contributed by atoms with E-state index >= 15 is 0 Å². The largest absolute Gasteiger partial charge is 0.137 e. The van der Waals surface area contributed by atoms with Crippen LogP contribution in [0.1, 0.15) is 97.3 Å². The van der Waals surface area contributed by atoms with Gasteiger partial charge in [-0.3, -0.25) is 0 Å². The average Bonchev–Trinajstić information content (AvgIpc) is 3.43. The maximum atomic E-state index is 2.49. The lowest BCUT2D eigenvalue weighted by atomic mass is 9.90. The molecule has 2 unspecified atom stereocenters. The van der Waals surface area contributed by atoms with Crippen LogP contribution in [0.2, 0.25) is 0 Å². The monoisotopic (exact) mass is 526 g/mol. The summed E-state index contributed by atoms with van der Waals surface area (Å²) in [4.78, 5) is 0. The molecule has 2 aliphatic rings. The van der Waals surface area contributed by atoms with Crippen molar-refractivity contribution < 1.29 is 0 Å². The molecule has 0 saturated carbocycles. The van der Waals surface area contributed by atoms with Crippen molar-refractivity contribution >= 4 is 23.9 Å². The van der Waals surface area contributed by atoms with Gasteiger partial charge in [0.2, 0.25) is 0 Å². The second-order valence-electron chi connectivity index (χ2n) is 11.9. The molecule has 2 atom stereocenters. The predicted octanol–water partition coefficient (Wildman–Crippen LogP) is 11.6. The molecule has 196 valence electrons. The molecule has 39 heavy (non-hydrogen) atoms. The molecular formula is C38H38S. The van der Waals surface area contributed by atoms with Crippen molar-refractivity contribution in [2.75, 3.05) is 0 Å². The van der Waals surface area contributed by atoms with Crippen molar-refractivity contribution in [3.05, 3.63) is 129 Å². The molecular weight excluding hydrogens is 488 g/mol. The van der Waals surface area contributed by atoms with E-state index in [-0.39, 0.29) is 0 Å². The van der Waals surface area contributed by atoms with Crippen LogP contribution < -0.4 is 0 Å². The summed E-state index contributed by atoms with van der Waals surface area (Å²) >= 11 is 2.13. The molecule has 0 fully saturated rings. The third-order valence-electron chi connectivity index (χ3n) is 8.38. The number of rotatable bonds is 6. The van der Waals surface area contributed by atoms with Gasteiger partial charge in [-0.05, 0) is 81.3 Å². The van der Waals surface area contributed by atoms with Gasteiger partial charge in [0.15, 0.2) is 0 Å². The Morgan fingerprint density at radius 2 is 0.923 bits per heavy atom. The van der Waals surface area contributed by atoms with Gasteiger partial charge < -0.3 is 0 Å². The van der Waals surface area contributed by atoms with Gasteiger partial charge in [-0.25, -0.2) is 0 Å². The van der Waals surface area contributed by atoms with Gasteiger partial charge in [0.05, 0.1) is 10.5 Å². The third kappa shape index (κ3) is 4.72. The summed E-state index contributed by atoms with van der Waals surface area (Å²) in [5.74, 6) is 0.973. The van der Waals surface area contributed by atoms with Crippen LogP contribution in [-0.4, -0.2) is 0 Å². The lowest BCUT2D eigenvalue weighted by molar-refractivity contribution is 0.862. The van der Waals surface area contributed by atoms with Gasteiger partial charge in [-0.2, -0.15) is 0 Å². The highest BCUT2D eigenvalue weighted by molar-refractivity contribution is 8.00. The Hall–Kier alpha value is -3.29. The molecule has 0 saturated heterocycles. The molecule has 0 amide bonds. The molecule has 0 nitrogen and oxygen atoms in total. The van der Waals surface area contributed by atoms with Gasteiger partial charge in [-0.1, -0.05) is 136 Å². The summed E-state index contributed by atoms with van der Waals surface area (Å²) in [5.41, 5.74) is 16.9. The molecule has 0 heterocycles. The number of fused-ring (bicyclic) bond motifs is 2. The highest BCUT2D eigenvalue weighted by atomic mass is 32.2. The normalized spacial score (nSPS) is 17.8. The zero-order valence-corrected chi connectivity index (χ0v) is 24.8. The Kier molecular flexibility index (Phi) is 6.89. The van der Waals surface area contributed by atoms with E-state index in [1.807, 2.05) is 0 Å². The van der Waals surface area contributed by atoms with Crippen molar-refractivity contribution in [1.82, 2.24) is 0 Å². The highest BCUT2D eigenvalue weighted by Gasteiger charge is 2.34. The average molecular weight is 527 g/mol. The van der Waals surface area contributed by atoms with Crippen molar-refractivity contribution in [3.63, 3.8) is 0 Å². The minimum Gasteiger partial charge on any atom is -0.137 e. The molecule has 0 radical (unpaired) electrons. The molecule has 0 N–H and O–H groups in total. The summed E-state index contributed by atoms with van der Waals surface area (Å²) in [6.45, 7) is 13.9. The Balaban J connectivity index is 1.45. The number of hydrogen-bond acceptors (Lipinski definition) is 1. The number of hydrogen-bond donors (Lipinski definition) is 0. The van der Waals surface area contributed by atoms with Crippen molar-refractivity contribution in [2.45, 2.75) is 63.9 Å². The van der Waals surface area contributed by atoms with Crippen LogP contribution in [-0.2, 0) is 0 Å². The predicted molar refractivity (Wildman–Crippen MR) is 172 cm³/mol. The fraction of sp³-hybridized carbons (Fsp3) is 0.263. The Morgan fingerprint density at radius 3 is 1.28 bits per heavy atom. The van der Waals surface area contributed by atoms with Crippen LogP contribution in [0.25, 0.3) is 34.4 Å². The molecule has 2 aliphatic carbocycles. The Bertz CT molecular complexity index is 1460.